The van der Waals surface area contributed by atoms with Crippen LogP contribution in [0.5, 0.6) is 0 Å². The average molecular weight is 150 g/mol. The van der Waals surface area contributed by atoms with E-state index in [9.17, 15) is 0 Å². The summed E-state index contributed by atoms with van der Waals surface area (Å²) < 4.78 is 0. The molecule has 1 saturated heterocycles. The second-order valence-electron chi connectivity index (χ2n) is 3.30. The predicted octanol–water partition coefficient (Wildman–Crippen LogP) is 0.639. The van der Waals surface area contributed by atoms with Crippen LogP contribution in [0.1, 0.15) is 6.92 Å². The van der Waals surface area contributed by atoms with E-state index in [1.165, 1.54) is 18.8 Å². The lowest BCUT2D eigenvalue weighted by Gasteiger charge is -2.31. The van der Waals surface area contributed by atoms with Crippen molar-refractivity contribution in [3.63, 3.8) is 0 Å². The highest BCUT2D eigenvalue weighted by atomic mass is 15.0. The van der Waals surface area contributed by atoms with Crippen molar-refractivity contribution in [2.75, 3.05) is 19.6 Å². The number of allylic oxidation sites excluding steroid dienone is 3. The summed E-state index contributed by atoms with van der Waals surface area (Å²) in [6.45, 7) is 5.49. The van der Waals surface area contributed by atoms with Crippen LogP contribution >= 0.6 is 0 Å². The normalized spacial score (nSPS) is 24.8. The minimum Gasteiger partial charge on any atom is -0.385 e. The molecule has 0 aromatic rings. The zero-order chi connectivity index (χ0) is 7.68. The molecule has 2 rings (SSSR count). The highest BCUT2D eigenvalue weighted by Crippen LogP contribution is 2.17. The van der Waals surface area contributed by atoms with Crippen LogP contribution in [0.15, 0.2) is 23.4 Å². The number of hydrogen-bond acceptors (Lipinski definition) is 2. The lowest BCUT2D eigenvalue weighted by molar-refractivity contribution is 0.391. The molecular weight excluding hydrogens is 136 g/mol. The topological polar surface area (TPSA) is 24.1 Å². The average Bonchev–Trinajstić information content (AvgIpc) is 1.90. The van der Waals surface area contributed by atoms with Crippen molar-refractivity contribution in [2.24, 2.45) is 5.92 Å². The van der Waals surface area contributed by atoms with E-state index >= 15 is 0 Å². The molecule has 1 fully saturated rings. The smallest absolute Gasteiger partial charge is 0.0363 e. The number of rotatable bonds is 1. The van der Waals surface area contributed by atoms with Gasteiger partial charge in [-0.2, -0.15) is 0 Å². The Morgan fingerprint density at radius 3 is 2.64 bits per heavy atom. The van der Waals surface area contributed by atoms with Crippen molar-refractivity contribution in [3.05, 3.63) is 23.4 Å². The number of nitrogens with one attached hydrogen (secondary N) is 2. The number of dihydropyridines is 1. The van der Waals surface area contributed by atoms with Gasteiger partial charge in [-0.25, -0.2) is 0 Å². The van der Waals surface area contributed by atoms with E-state index in [0.717, 1.165) is 12.5 Å². The highest BCUT2D eigenvalue weighted by Gasteiger charge is 2.21. The third-order valence-corrected chi connectivity index (χ3v) is 2.42. The second kappa shape index (κ2) is 2.70. The van der Waals surface area contributed by atoms with E-state index in [1.807, 2.05) is 0 Å². The van der Waals surface area contributed by atoms with Crippen LogP contribution in [0.4, 0.5) is 0 Å². The zero-order valence-electron chi connectivity index (χ0n) is 6.85. The standard InChI is InChI=1S/C9H14N2/c1-7-2-3-8(6-11-7)9-4-10-5-9/h2-3,9-11H,4-6H2,1H3. The second-order valence-corrected chi connectivity index (χ2v) is 3.30. The molecule has 2 aliphatic heterocycles. The molecule has 0 bridgehead atoms. The maximum absolute atomic E-state index is 3.35. The minimum absolute atomic E-state index is 0.798. The molecule has 0 aromatic heterocycles. The lowest BCUT2D eigenvalue weighted by Crippen LogP contribution is -2.45. The molecule has 2 aliphatic rings. The Balaban J connectivity index is 2.03. The Hall–Kier alpha value is -0.760. The van der Waals surface area contributed by atoms with Gasteiger partial charge in [-0.15, -0.1) is 0 Å². The van der Waals surface area contributed by atoms with E-state index in [4.69, 9.17) is 0 Å². The molecule has 0 radical (unpaired) electrons. The molecule has 0 aliphatic carbocycles. The Bertz CT molecular complexity index is 212. The molecule has 2 heteroatoms. The highest BCUT2D eigenvalue weighted by molar-refractivity contribution is 5.26. The van der Waals surface area contributed by atoms with Crippen LogP contribution in [-0.2, 0) is 0 Å². The molecule has 60 valence electrons. The van der Waals surface area contributed by atoms with Gasteiger partial charge in [0.1, 0.15) is 0 Å². The van der Waals surface area contributed by atoms with Gasteiger partial charge in [0.2, 0.25) is 0 Å². The van der Waals surface area contributed by atoms with E-state index in [-0.39, 0.29) is 0 Å². The molecule has 0 amide bonds. The Morgan fingerprint density at radius 1 is 1.36 bits per heavy atom. The van der Waals surface area contributed by atoms with E-state index < -0.39 is 0 Å². The van der Waals surface area contributed by atoms with E-state index in [1.54, 1.807) is 5.57 Å². The molecule has 2 heterocycles. The summed E-state index contributed by atoms with van der Waals surface area (Å²) in [7, 11) is 0. The summed E-state index contributed by atoms with van der Waals surface area (Å²) in [5.74, 6) is 0.798. The summed E-state index contributed by atoms with van der Waals surface area (Å²) >= 11 is 0. The maximum Gasteiger partial charge on any atom is 0.0363 e. The fourth-order valence-corrected chi connectivity index (χ4v) is 1.42. The number of hydrogen-bond donors (Lipinski definition) is 2. The van der Waals surface area contributed by atoms with E-state index in [0.29, 0.717) is 0 Å². The molecule has 11 heavy (non-hydrogen) atoms. The minimum atomic E-state index is 0.798. The van der Waals surface area contributed by atoms with Crippen molar-refractivity contribution in [1.29, 1.82) is 0 Å². The monoisotopic (exact) mass is 150 g/mol. The molecule has 0 saturated carbocycles. The quantitative estimate of drug-likeness (QED) is 0.573. The maximum atomic E-state index is 3.35. The summed E-state index contributed by atoms with van der Waals surface area (Å²) in [6, 6.07) is 0. The van der Waals surface area contributed by atoms with Gasteiger partial charge in [0.15, 0.2) is 0 Å². The van der Waals surface area contributed by atoms with Gasteiger partial charge in [0.05, 0.1) is 0 Å². The van der Waals surface area contributed by atoms with Crippen molar-refractivity contribution < 1.29 is 0 Å². The molecule has 0 aromatic carbocycles. The summed E-state index contributed by atoms with van der Waals surface area (Å²) in [6.07, 6.45) is 4.43. The first-order chi connectivity index (χ1) is 5.36. The van der Waals surface area contributed by atoms with Crippen LogP contribution in [0.2, 0.25) is 0 Å². The lowest BCUT2D eigenvalue weighted by atomic mass is 9.92. The molecular formula is C9H14N2. The zero-order valence-corrected chi connectivity index (χ0v) is 6.85. The summed E-state index contributed by atoms with van der Waals surface area (Å²) in [4.78, 5) is 0. The van der Waals surface area contributed by atoms with Gasteiger partial charge >= 0.3 is 0 Å². The molecule has 0 spiro atoms. The molecule has 0 atom stereocenters. The first-order valence-electron chi connectivity index (χ1n) is 4.18. The third-order valence-electron chi connectivity index (χ3n) is 2.42. The van der Waals surface area contributed by atoms with E-state index in [2.05, 4.69) is 29.7 Å². The Kier molecular flexibility index (Phi) is 1.70. The Morgan fingerprint density at radius 2 is 2.18 bits per heavy atom. The molecule has 2 nitrogen and oxygen atoms in total. The molecule has 0 unspecified atom stereocenters. The Labute approximate surface area is 67.4 Å². The van der Waals surface area contributed by atoms with Gasteiger partial charge in [-0.1, -0.05) is 6.08 Å². The van der Waals surface area contributed by atoms with Crippen LogP contribution in [-0.4, -0.2) is 19.6 Å². The largest absolute Gasteiger partial charge is 0.385 e. The fraction of sp³-hybridized carbons (Fsp3) is 0.556. The van der Waals surface area contributed by atoms with Crippen molar-refractivity contribution >= 4 is 0 Å². The van der Waals surface area contributed by atoms with Crippen LogP contribution < -0.4 is 10.6 Å². The van der Waals surface area contributed by atoms with Crippen molar-refractivity contribution in [1.82, 2.24) is 10.6 Å². The summed E-state index contributed by atoms with van der Waals surface area (Å²) in [5, 5.41) is 6.63. The predicted molar refractivity (Wildman–Crippen MR) is 46.2 cm³/mol. The van der Waals surface area contributed by atoms with Gasteiger partial charge in [0.25, 0.3) is 0 Å². The fourth-order valence-electron chi connectivity index (χ4n) is 1.42. The van der Waals surface area contributed by atoms with Crippen LogP contribution in [0.3, 0.4) is 0 Å². The van der Waals surface area contributed by atoms with Crippen molar-refractivity contribution in [3.8, 4) is 0 Å². The van der Waals surface area contributed by atoms with Gasteiger partial charge in [0, 0.05) is 31.2 Å². The first-order valence-corrected chi connectivity index (χ1v) is 4.18. The summed E-state index contributed by atoms with van der Waals surface area (Å²) in [5.41, 5.74) is 2.83. The SMILES string of the molecule is CC1=CC=C(C2CNC2)CN1. The van der Waals surface area contributed by atoms with Gasteiger partial charge < -0.3 is 10.6 Å². The van der Waals surface area contributed by atoms with Crippen LogP contribution in [0, 0.1) is 5.92 Å². The first kappa shape index (κ1) is 6.92. The molecule has 2 N–H and O–H groups in total. The van der Waals surface area contributed by atoms with Gasteiger partial charge in [-0.3, -0.25) is 0 Å². The van der Waals surface area contributed by atoms with Crippen LogP contribution in [0.25, 0.3) is 0 Å². The van der Waals surface area contributed by atoms with Crippen molar-refractivity contribution in [2.45, 2.75) is 6.92 Å². The third kappa shape index (κ3) is 1.31. The van der Waals surface area contributed by atoms with Gasteiger partial charge in [-0.05, 0) is 18.6 Å².